The van der Waals surface area contributed by atoms with Crippen molar-refractivity contribution in [3.8, 4) is 0 Å². The van der Waals surface area contributed by atoms with E-state index in [-0.39, 0.29) is 51.3 Å². The van der Waals surface area contributed by atoms with Crippen LogP contribution in [0, 0.1) is 34.0 Å². The van der Waals surface area contributed by atoms with Crippen LogP contribution in [-0.2, 0) is 24.3 Å². The van der Waals surface area contributed by atoms with Crippen molar-refractivity contribution in [2.75, 3.05) is 15.8 Å². The van der Waals surface area contributed by atoms with E-state index in [0.29, 0.717) is 24.1 Å². The van der Waals surface area contributed by atoms with Gasteiger partial charge in [0.2, 0.25) is 0 Å². The molecule has 52 heavy (non-hydrogen) atoms. The number of hydrogen-bond donors (Lipinski definition) is 3. The number of anilines is 2. The minimum atomic E-state index is -3.85. The Hall–Kier alpha value is -4.00. The van der Waals surface area contributed by atoms with Crippen LogP contribution in [0.3, 0.4) is 0 Å². The Kier molecular flexibility index (Phi) is 10.5. The number of rotatable bonds is 10. The van der Waals surface area contributed by atoms with Gasteiger partial charge in [0.25, 0.3) is 15.9 Å². The first-order valence-corrected chi connectivity index (χ1v) is 20.2. The number of nitrogens with one attached hydrogen (secondary N) is 2. The second-order valence-electron chi connectivity index (χ2n) is 15.2. The number of aromatic nitrogens is 1. The third-order valence-electron chi connectivity index (χ3n) is 12.4. The molecule has 3 N–H and O–H groups in total. The molecular formula is C40H47N3O7S2. The van der Waals surface area contributed by atoms with Gasteiger partial charge in [-0.1, -0.05) is 39.8 Å². The highest BCUT2D eigenvalue weighted by atomic mass is 32.2. The zero-order valence-corrected chi connectivity index (χ0v) is 31.6. The van der Waals surface area contributed by atoms with Crippen molar-refractivity contribution in [3.63, 3.8) is 0 Å². The topological polar surface area (TPSA) is 152 Å². The summed E-state index contributed by atoms with van der Waals surface area (Å²) < 4.78 is 34.2. The summed E-state index contributed by atoms with van der Waals surface area (Å²) >= 11 is 1.29. The van der Waals surface area contributed by atoms with Gasteiger partial charge in [-0.25, -0.2) is 13.4 Å². The molecule has 10 nitrogen and oxygen atoms in total. The molecule has 0 radical (unpaired) electrons. The van der Waals surface area contributed by atoms with Gasteiger partial charge in [-0.3, -0.25) is 19.1 Å². The summed E-state index contributed by atoms with van der Waals surface area (Å²) in [5.41, 5.74) is -0.810. The Morgan fingerprint density at radius 3 is 2.42 bits per heavy atom. The van der Waals surface area contributed by atoms with Crippen molar-refractivity contribution in [1.82, 2.24) is 4.98 Å². The first-order valence-electron chi connectivity index (χ1n) is 17.7. The average molecular weight is 746 g/mol. The normalized spacial score (nSPS) is 31.4. The van der Waals surface area contributed by atoms with Gasteiger partial charge in [0.1, 0.15) is 17.7 Å². The molecule has 1 amide bonds. The third kappa shape index (κ3) is 6.92. The number of sulfonamides is 1. The number of ketones is 1. The van der Waals surface area contributed by atoms with Crippen LogP contribution in [0.2, 0.25) is 0 Å². The Balaban J connectivity index is 1.09. The summed E-state index contributed by atoms with van der Waals surface area (Å²) in [5.74, 6) is -0.565. The lowest BCUT2D eigenvalue weighted by atomic mass is 9.44. The molecule has 2 bridgehead atoms. The fourth-order valence-electron chi connectivity index (χ4n) is 9.08. The van der Waals surface area contributed by atoms with Gasteiger partial charge in [0, 0.05) is 45.5 Å². The fraction of sp³-hybridized carbons (Fsp3) is 0.450. The van der Waals surface area contributed by atoms with Crippen LogP contribution >= 0.6 is 11.8 Å². The lowest BCUT2D eigenvalue weighted by Crippen LogP contribution is -2.63. The Morgan fingerprint density at radius 1 is 1.06 bits per heavy atom. The third-order valence-corrected chi connectivity index (χ3v) is 14.7. The van der Waals surface area contributed by atoms with Crippen LogP contribution in [0.4, 0.5) is 11.5 Å². The number of pyridine rings is 1. The molecule has 1 aromatic heterocycles. The van der Waals surface area contributed by atoms with Crippen molar-refractivity contribution >= 4 is 51.0 Å². The monoisotopic (exact) mass is 745 g/mol. The van der Waals surface area contributed by atoms with E-state index in [9.17, 15) is 27.9 Å². The number of esters is 1. The number of thioether (sulfide) groups is 1. The van der Waals surface area contributed by atoms with Crippen molar-refractivity contribution < 1.29 is 32.6 Å². The molecule has 1 heterocycles. The molecular weight excluding hydrogens is 699 g/mol. The maximum absolute atomic E-state index is 13.6. The number of nitrogens with zero attached hydrogens (tertiary/aromatic N) is 1. The van der Waals surface area contributed by atoms with Crippen molar-refractivity contribution in [2.24, 2.45) is 34.0 Å². The van der Waals surface area contributed by atoms with E-state index in [1.807, 2.05) is 6.92 Å². The molecule has 0 spiro atoms. The molecule has 3 aliphatic carbocycles. The number of aliphatic hydroxyl groups excluding tert-OH is 1. The number of ether oxygens (including phenoxy) is 1. The Bertz CT molecular complexity index is 1940. The fourth-order valence-corrected chi connectivity index (χ4v) is 10.8. The first kappa shape index (κ1) is 37.7. The summed E-state index contributed by atoms with van der Waals surface area (Å²) in [4.78, 5) is 44.9. The molecule has 3 saturated carbocycles. The summed E-state index contributed by atoms with van der Waals surface area (Å²) in [7, 11) is -3.85. The molecule has 0 saturated heterocycles. The van der Waals surface area contributed by atoms with Gasteiger partial charge in [-0.15, -0.1) is 18.3 Å². The van der Waals surface area contributed by atoms with Gasteiger partial charge in [0.05, 0.1) is 16.8 Å². The van der Waals surface area contributed by atoms with Gasteiger partial charge >= 0.3 is 5.97 Å². The molecule has 3 fully saturated rings. The van der Waals surface area contributed by atoms with Crippen molar-refractivity contribution in [1.29, 1.82) is 0 Å². The molecule has 3 aromatic rings. The highest BCUT2D eigenvalue weighted by Crippen LogP contribution is 2.68. The summed E-state index contributed by atoms with van der Waals surface area (Å²) in [5, 5.41) is 14.5. The minimum Gasteiger partial charge on any atom is -0.461 e. The zero-order valence-electron chi connectivity index (χ0n) is 30.0. The van der Waals surface area contributed by atoms with Crippen LogP contribution in [0.25, 0.3) is 0 Å². The van der Waals surface area contributed by atoms with Gasteiger partial charge < -0.3 is 15.2 Å². The Labute approximate surface area is 310 Å². The molecule has 3 aliphatic rings. The van der Waals surface area contributed by atoms with Crippen molar-refractivity contribution in [2.45, 2.75) is 81.8 Å². The predicted octanol–water partition coefficient (Wildman–Crippen LogP) is 7.13. The maximum atomic E-state index is 13.6. The van der Waals surface area contributed by atoms with Crippen LogP contribution in [-0.4, -0.2) is 54.1 Å². The number of Topliss-reactive ketones (excluding diaryl/α,β-unsaturated/α-hetero) is 1. The van der Waals surface area contributed by atoms with E-state index in [1.165, 1.54) is 42.2 Å². The van der Waals surface area contributed by atoms with Gasteiger partial charge in [0.15, 0.2) is 0 Å². The Morgan fingerprint density at radius 2 is 1.77 bits per heavy atom. The van der Waals surface area contributed by atoms with E-state index in [4.69, 9.17) is 4.74 Å². The highest BCUT2D eigenvalue weighted by molar-refractivity contribution is 8.00. The van der Waals surface area contributed by atoms with E-state index in [1.54, 1.807) is 48.5 Å². The summed E-state index contributed by atoms with van der Waals surface area (Å²) in [6.45, 7) is 12.4. The van der Waals surface area contributed by atoms with E-state index in [2.05, 4.69) is 42.4 Å². The van der Waals surface area contributed by atoms with Crippen LogP contribution in [0.15, 0.2) is 95.4 Å². The molecule has 2 aromatic carbocycles. The SMILES string of the molecule is C=C[C@]1(C)C[C@@H](OC(=O)CSc2ccc(C(=O)Nc3ccc(S(=O)(=O)Nc4ccccn4)cc3)cc2)[C@]2(C)[C@H](C)CC[C@]3(CCC(=O)[C@H]32)[C@@H](C)[C@@H]1O. The molecule has 276 valence electrons. The van der Waals surface area contributed by atoms with Crippen LogP contribution in [0.1, 0.15) is 70.2 Å². The first-order chi connectivity index (χ1) is 24.6. The number of carbonyl (C=O) groups is 3. The predicted molar refractivity (Wildman–Crippen MR) is 201 cm³/mol. The molecule has 0 aliphatic heterocycles. The largest absolute Gasteiger partial charge is 0.461 e. The van der Waals surface area contributed by atoms with Crippen LogP contribution in [0.5, 0.6) is 0 Å². The summed E-state index contributed by atoms with van der Waals surface area (Å²) in [6.07, 6.45) is 5.37. The lowest BCUT2D eigenvalue weighted by Gasteiger charge is -2.61. The zero-order chi connectivity index (χ0) is 37.5. The lowest BCUT2D eigenvalue weighted by molar-refractivity contribution is -0.205. The second kappa shape index (κ2) is 14.4. The smallest absolute Gasteiger partial charge is 0.316 e. The number of benzene rings is 2. The summed E-state index contributed by atoms with van der Waals surface area (Å²) in [6, 6.07) is 17.5. The van der Waals surface area contributed by atoms with Crippen LogP contribution < -0.4 is 10.0 Å². The minimum absolute atomic E-state index is 0.0232. The van der Waals surface area contributed by atoms with E-state index >= 15 is 0 Å². The number of hydrogen-bond acceptors (Lipinski definition) is 9. The molecule has 6 rings (SSSR count). The van der Waals surface area contributed by atoms with Gasteiger partial charge in [-0.2, -0.15) is 0 Å². The number of amides is 1. The quantitative estimate of drug-likeness (QED) is 0.112. The standard InChI is InChI=1S/C40H47N3O7S2/c1-6-38(4)23-32(39(5)25(2)18-20-40(26(3)36(38)46)21-19-31(44)35(39)40)50-34(45)24-51-29-14-10-27(11-15-29)37(47)42-28-12-16-30(17-13-28)52(48,49)43-33-9-7-8-22-41-33/h6-17,22,25-26,32,35-36,46H,1,18-21,23-24H2,2-5H3,(H,41,43)(H,42,47)/t25-,26+,32-,35+,36+,38-,39+,40+/m1/s1. The molecule has 0 unspecified atom stereocenters. The number of carbonyl (C=O) groups excluding carboxylic acids is 3. The number of aliphatic hydroxyl groups is 1. The second-order valence-corrected chi connectivity index (χ2v) is 17.9. The van der Waals surface area contributed by atoms with E-state index in [0.717, 1.165) is 24.2 Å². The highest BCUT2D eigenvalue weighted by Gasteiger charge is 2.68. The average Bonchev–Trinajstić information content (AvgIpc) is 3.49. The van der Waals surface area contributed by atoms with Gasteiger partial charge in [-0.05, 0) is 104 Å². The van der Waals surface area contributed by atoms with E-state index < -0.39 is 39.0 Å². The molecule has 8 atom stereocenters. The molecule has 12 heteroatoms. The van der Waals surface area contributed by atoms with Crippen molar-refractivity contribution in [3.05, 3.63) is 91.1 Å². The maximum Gasteiger partial charge on any atom is 0.316 e.